The molecular formula is C106H107F9N14O14. The Kier molecular flexibility index (Phi) is 28.3. The summed E-state index contributed by atoms with van der Waals surface area (Å²) in [6.45, 7) is 28.0. The summed E-state index contributed by atoms with van der Waals surface area (Å²) in [4.78, 5) is 138. The van der Waals surface area contributed by atoms with E-state index >= 15 is 49.1 Å². The lowest BCUT2D eigenvalue weighted by molar-refractivity contribution is -0.132. The molecule has 0 saturated carbocycles. The quantitative estimate of drug-likeness (QED) is 0.0305. The van der Waals surface area contributed by atoms with Crippen molar-refractivity contribution in [2.75, 3.05) is 102 Å². The van der Waals surface area contributed by atoms with Crippen LogP contribution in [-0.4, -0.2) is 201 Å². The number of phenolic OH excluding ortho intramolecular Hbond substituents is 3. The van der Waals surface area contributed by atoms with Gasteiger partial charge in [-0.1, -0.05) is 79.8 Å². The van der Waals surface area contributed by atoms with Crippen LogP contribution in [0, 0.1) is 79.0 Å². The molecule has 0 bridgehead atoms. The summed E-state index contributed by atoms with van der Waals surface area (Å²) in [5.74, 6) is -15.5. The van der Waals surface area contributed by atoms with Crippen molar-refractivity contribution in [3.8, 4) is 67.7 Å². The predicted octanol–water partition coefficient (Wildman–Crippen LogP) is 15.8. The number of halogens is 9. The third-order valence-corrected chi connectivity index (χ3v) is 27.6. The van der Waals surface area contributed by atoms with E-state index in [1.807, 2.05) is 48.5 Å². The van der Waals surface area contributed by atoms with E-state index in [4.69, 9.17) is 0 Å². The van der Waals surface area contributed by atoms with E-state index in [-0.39, 0.29) is 187 Å². The molecular weight excluding hydrogens is 1860 g/mol. The number of carbonyl (C=O) groups excluding carboxylic acids is 5. The number of aromatic nitrogens is 6. The third kappa shape index (κ3) is 17.1. The van der Waals surface area contributed by atoms with Gasteiger partial charge in [0.25, 0.3) is 28.5 Å². The van der Waals surface area contributed by atoms with Crippen molar-refractivity contribution in [3.63, 3.8) is 0 Å². The number of fused-ring (bicyclic) bond motifs is 15. The fourth-order valence-corrected chi connectivity index (χ4v) is 21.0. The molecule has 28 nitrogen and oxygen atoms in total. The zero-order valence-corrected chi connectivity index (χ0v) is 80.6. The van der Waals surface area contributed by atoms with Crippen LogP contribution in [0.2, 0.25) is 0 Å². The van der Waals surface area contributed by atoms with E-state index < -0.39 is 185 Å². The first-order valence-electron chi connectivity index (χ1n) is 47.2. The molecule has 748 valence electrons. The van der Waals surface area contributed by atoms with Crippen LogP contribution in [0.3, 0.4) is 0 Å². The zero-order chi connectivity index (χ0) is 103. The van der Waals surface area contributed by atoms with Gasteiger partial charge in [-0.25, -0.2) is 39.5 Å². The summed E-state index contributed by atoms with van der Waals surface area (Å²) >= 11 is 0. The van der Waals surface area contributed by atoms with Crippen LogP contribution in [0.15, 0.2) is 149 Å². The average Bonchev–Trinajstić information content (AvgIpc) is 0.703. The first-order valence-corrected chi connectivity index (χ1v) is 47.2. The summed E-state index contributed by atoms with van der Waals surface area (Å²) in [5, 5.41) is 60.8. The lowest BCUT2D eigenvalue weighted by Gasteiger charge is -2.50. The van der Waals surface area contributed by atoms with E-state index in [0.717, 1.165) is 86.9 Å². The molecule has 0 radical (unpaired) electrons. The van der Waals surface area contributed by atoms with Gasteiger partial charge < -0.3 is 69.8 Å². The molecule has 6 N–H and O–H groups in total. The molecule has 3 fully saturated rings. The number of aliphatic hydroxyl groups is 3. The lowest BCUT2D eigenvalue weighted by Crippen LogP contribution is -2.66. The Labute approximate surface area is 815 Å². The van der Waals surface area contributed by atoms with Crippen LogP contribution in [0.1, 0.15) is 146 Å². The van der Waals surface area contributed by atoms with Gasteiger partial charge in [-0.3, -0.25) is 67.0 Å². The van der Waals surface area contributed by atoms with Gasteiger partial charge in [0.1, 0.15) is 87.3 Å². The number of hydrogen-bond donors (Lipinski definition) is 6. The molecule has 0 aliphatic carbocycles. The molecule has 6 aromatic heterocycles. The number of piperidine rings is 1. The Morgan fingerprint density at radius 1 is 0.385 bits per heavy atom. The van der Waals surface area contributed by atoms with E-state index in [1.54, 1.807) is 86.1 Å². The maximum Gasteiger partial charge on any atom is 0.281 e. The third-order valence-electron chi connectivity index (χ3n) is 27.6. The number of nitrogens with zero attached hydrogens (tertiary/aromatic N) is 14. The minimum absolute atomic E-state index is 0.0254. The highest BCUT2D eigenvalue weighted by molar-refractivity contribution is 6.16. The molecule has 143 heavy (non-hydrogen) atoms. The van der Waals surface area contributed by atoms with Crippen LogP contribution < -0.4 is 46.1 Å². The Balaban J connectivity index is 0.000000154. The fraction of sp³-hybridized carbons (Fsp3) is 0.349. The number of hydrogen-bond acceptors (Lipinski definition) is 20. The van der Waals surface area contributed by atoms with Gasteiger partial charge in [-0.2, -0.15) is 0 Å². The zero-order valence-electron chi connectivity index (χ0n) is 80.6. The summed E-state index contributed by atoms with van der Waals surface area (Å²) in [6, 6.07) is 14.1. The second kappa shape index (κ2) is 40.0. The molecule has 12 heterocycles. The largest absolute Gasteiger partial charge is 0.507 e. The van der Waals surface area contributed by atoms with Gasteiger partial charge in [0.15, 0.2) is 17.5 Å². The van der Waals surface area contributed by atoms with Crippen LogP contribution in [0.5, 0.6) is 17.2 Å². The number of piperazine rings is 2. The second-order valence-corrected chi connectivity index (χ2v) is 37.8. The molecule has 5 amide bonds. The number of carbonyl (C=O) groups is 5. The van der Waals surface area contributed by atoms with Gasteiger partial charge in [-0.15, -0.1) is 0 Å². The van der Waals surface area contributed by atoms with Crippen molar-refractivity contribution in [3.05, 3.63) is 252 Å². The molecule has 3 saturated heterocycles. The van der Waals surface area contributed by atoms with Crippen molar-refractivity contribution in [1.29, 1.82) is 0 Å². The number of amides is 5. The average molecular weight is 1970 g/mol. The fourth-order valence-electron chi connectivity index (χ4n) is 21.0. The van der Waals surface area contributed by atoms with E-state index in [2.05, 4.69) is 28.1 Å². The number of pyridine rings is 6. The van der Waals surface area contributed by atoms with Gasteiger partial charge in [0.2, 0.25) is 17.7 Å². The molecule has 6 atom stereocenters. The first kappa shape index (κ1) is 101. The lowest BCUT2D eigenvalue weighted by atomic mass is 9.89. The highest BCUT2D eigenvalue weighted by Gasteiger charge is 2.52. The minimum atomic E-state index is -1.31. The van der Waals surface area contributed by atoms with Crippen molar-refractivity contribution < 1.29 is 94.1 Å². The standard InChI is InChI=1S/2C36H36F3N5O5.C34H35F3N4O4/c2*1-6-26(47)42-17-24-35(48)41(13-8-14-45)34-33(43(24)16-20(42)5)21-15-23(38)28(27-22(37)9-7-10-25(27)46)29(39)32(21)44(36(34)49)31-19(4)11-12-40-30(31)18(2)3;1-17(2)28-29(19(4)11-12-38-28)41-30-20(15-22(36)26(27(30)37)25-21(35)7-5-8-24(25)43)31-32(34(41)45)39(13-6-14-42)33(44)23-10-9-18(3)16-40(23)31/h2*6-7,9-12,15,18,20,24,45-46H,1,8,13-14,16-17H2,2-5H3;5,7-8,11-12,15,17-18,23,42-43H,6,9-10,13-14,16H2,1-4H3/t2*20-,24-;18-,23+/m110/s1. The van der Waals surface area contributed by atoms with Crippen LogP contribution in [0.25, 0.3) is 83.2 Å². The Bertz CT molecular complexity index is 7120. The van der Waals surface area contributed by atoms with Gasteiger partial charge >= 0.3 is 0 Å². The number of aliphatic hydroxyl groups excluding tert-OH is 3. The highest BCUT2D eigenvalue weighted by Crippen LogP contribution is 2.53. The maximum atomic E-state index is 17.3. The summed E-state index contributed by atoms with van der Waals surface area (Å²) in [6.07, 6.45) is 8.52. The molecule has 6 aromatic carbocycles. The van der Waals surface area contributed by atoms with Crippen molar-refractivity contribution in [2.24, 2.45) is 5.92 Å². The number of anilines is 6. The first-order chi connectivity index (χ1) is 68.1. The second-order valence-electron chi connectivity index (χ2n) is 37.8. The smallest absolute Gasteiger partial charge is 0.281 e. The summed E-state index contributed by atoms with van der Waals surface area (Å²) in [5.41, 5.74) is -4.60. The van der Waals surface area contributed by atoms with Gasteiger partial charge in [-0.05, 0) is 192 Å². The number of aryl methyl sites for hydroxylation is 3. The summed E-state index contributed by atoms with van der Waals surface area (Å²) in [7, 11) is 0. The van der Waals surface area contributed by atoms with Gasteiger partial charge in [0, 0.05) is 106 Å². The molecule has 0 unspecified atom stereocenters. The summed E-state index contributed by atoms with van der Waals surface area (Å²) < 4.78 is 150. The van der Waals surface area contributed by atoms with E-state index in [0.29, 0.717) is 46.7 Å². The molecule has 6 aliphatic heterocycles. The minimum Gasteiger partial charge on any atom is -0.507 e. The number of benzene rings is 6. The molecule has 6 aliphatic rings. The topological polar surface area (TPSA) is 337 Å². The SMILES string of the molecule is C=CC(=O)N1C[C@@H]2C(=O)N(CCCO)c3c(c4cc(F)c(-c5c(O)cccc5F)c(F)c4n(-c4c(C)ccnc4C(C)C)c3=O)N2C[C@H]1C.C=CC(=O)N1C[C@@H]2C(=O)N(CCCO)c3c(c4cc(F)c(-c5c(O)cccc5F)c(F)c4n(-c4c(C)ccnc4C(C)C)c3=O)N2C[C@H]1C.Cc1ccnc(C(C)C)c1-n1c(=O)c2c(c3cc(F)c(-c4c(O)cccc4F)c(F)c31)N1C[C@@H](C)CC[C@@H]1C(=O)N2CCCO. The van der Waals surface area contributed by atoms with Crippen LogP contribution >= 0.6 is 0 Å². The Morgan fingerprint density at radius 2 is 0.671 bits per heavy atom. The highest BCUT2D eigenvalue weighted by atomic mass is 19.2. The molecule has 12 aromatic rings. The van der Waals surface area contributed by atoms with Crippen LogP contribution in [-0.2, 0) is 24.0 Å². The normalized spacial score (nSPS) is 17.7. The number of phenols is 3. The van der Waals surface area contributed by atoms with Crippen molar-refractivity contribution in [1.82, 2.24) is 38.5 Å². The van der Waals surface area contributed by atoms with Crippen molar-refractivity contribution in [2.45, 2.75) is 163 Å². The van der Waals surface area contributed by atoms with Crippen molar-refractivity contribution >= 4 is 96.4 Å². The molecule has 37 heteroatoms. The number of aromatic hydroxyl groups is 3. The van der Waals surface area contributed by atoms with Gasteiger partial charge in [0.05, 0.1) is 114 Å². The van der Waals surface area contributed by atoms with Crippen LogP contribution in [0.4, 0.5) is 73.6 Å². The Hall–Kier alpha value is -14.7. The Morgan fingerprint density at radius 3 is 0.944 bits per heavy atom. The molecule has 18 rings (SSSR count). The van der Waals surface area contributed by atoms with E-state index in [1.165, 1.54) is 42.7 Å². The van der Waals surface area contributed by atoms with E-state index in [9.17, 15) is 59.4 Å². The molecule has 0 spiro atoms. The predicted molar refractivity (Wildman–Crippen MR) is 526 cm³/mol. The maximum absolute atomic E-state index is 17.3. The number of rotatable bonds is 20. The monoisotopic (exact) mass is 1970 g/mol.